The molecule has 6 atom stereocenters. The van der Waals surface area contributed by atoms with Crippen molar-refractivity contribution in [3.05, 3.63) is 0 Å². The first-order chi connectivity index (χ1) is 10.7. The summed E-state index contributed by atoms with van der Waals surface area (Å²) < 4.78 is 5.03. The van der Waals surface area contributed by atoms with E-state index in [9.17, 15) is 30.0 Å². The van der Waals surface area contributed by atoms with Crippen LogP contribution in [0.5, 0.6) is 0 Å². The summed E-state index contributed by atoms with van der Waals surface area (Å²) in [6.07, 6.45) is -7.19. The second-order valence-corrected chi connectivity index (χ2v) is 5.19. The highest BCUT2D eigenvalue weighted by Gasteiger charge is 2.58. The lowest BCUT2D eigenvalue weighted by Crippen LogP contribution is -2.68. The minimum atomic E-state index is -2.64. The molecule has 1 heterocycles. The molecule has 5 N–H and O–H groups in total. The molecular weight excluding hydrogens is 316 g/mol. The van der Waals surface area contributed by atoms with Gasteiger partial charge >= 0.3 is 11.9 Å². The summed E-state index contributed by atoms with van der Waals surface area (Å²) in [5.41, 5.74) is 0. The Morgan fingerprint density at radius 3 is 2.26 bits per heavy atom. The third-order valence-electron chi connectivity index (χ3n) is 3.70. The Hall–Kier alpha value is -1.30. The van der Waals surface area contributed by atoms with E-state index in [0.29, 0.717) is 0 Å². The van der Waals surface area contributed by atoms with Gasteiger partial charge in [0.1, 0.15) is 30.3 Å². The van der Waals surface area contributed by atoms with Crippen LogP contribution in [0.1, 0.15) is 26.7 Å². The molecule has 0 aromatic heterocycles. The van der Waals surface area contributed by atoms with Crippen LogP contribution in [-0.4, -0.2) is 74.3 Å². The van der Waals surface area contributed by atoms with Gasteiger partial charge in [-0.1, -0.05) is 13.8 Å². The van der Waals surface area contributed by atoms with Crippen LogP contribution in [0.15, 0.2) is 0 Å². The SMILES string of the molecule is CCC(=O)OOC(=O)C(CC)C1(O)O[C@H](CO)[C@@H](O)[C@H](O)[C@H]1O. The van der Waals surface area contributed by atoms with Gasteiger partial charge in [-0.05, 0) is 6.42 Å². The molecule has 0 bridgehead atoms. The topological polar surface area (TPSA) is 163 Å². The third kappa shape index (κ3) is 3.97. The van der Waals surface area contributed by atoms with E-state index in [1.54, 1.807) is 0 Å². The second kappa shape index (κ2) is 7.99. The molecule has 134 valence electrons. The van der Waals surface area contributed by atoms with E-state index < -0.39 is 54.7 Å². The molecule has 10 nitrogen and oxygen atoms in total. The van der Waals surface area contributed by atoms with Crippen LogP contribution in [0.25, 0.3) is 0 Å². The first-order valence-electron chi connectivity index (χ1n) is 7.19. The Morgan fingerprint density at radius 1 is 1.17 bits per heavy atom. The van der Waals surface area contributed by atoms with Crippen LogP contribution in [0.4, 0.5) is 0 Å². The van der Waals surface area contributed by atoms with Gasteiger partial charge in [0.25, 0.3) is 0 Å². The van der Waals surface area contributed by atoms with Gasteiger partial charge in [-0.15, -0.1) is 0 Å². The Bertz CT molecular complexity index is 425. The smallest absolute Gasteiger partial charge is 0.364 e. The van der Waals surface area contributed by atoms with E-state index in [0.717, 1.165) is 0 Å². The predicted octanol–water partition coefficient (Wildman–Crippen LogP) is -2.41. The summed E-state index contributed by atoms with van der Waals surface area (Å²) in [6.45, 7) is 2.15. The highest BCUT2D eigenvalue weighted by atomic mass is 17.2. The summed E-state index contributed by atoms with van der Waals surface area (Å²) in [4.78, 5) is 31.5. The number of hydrogen-bond donors (Lipinski definition) is 5. The molecule has 0 amide bonds. The van der Waals surface area contributed by atoms with Gasteiger partial charge < -0.3 is 30.3 Å². The minimum absolute atomic E-state index is 0.0506. The molecular formula is C13H22O10. The predicted molar refractivity (Wildman–Crippen MR) is 71.2 cm³/mol. The quantitative estimate of drug-likeness (QED) is 0.269. The van der Waals surface area contributed by atoms with Gasteiger partial charge in [-0.3, -0.25) is 0 Å². The Kier molecular flexibility index (Phi) is 6.86. The largest absolute Gasteiger partial charge is 0.394 e. The number of aliphatic hydroxyl groups excluding tert-OH is 4. The first kappa shape index (κ1) is 19.7. The second-order valence-electron chi connectivity index (χ2n) is 5.19. The molecule has 0 spiro atoms. The average Bonchev–Trinajstić information content (AvgIpc) is 2.54. The molecule has 1 saturated heterocycles. The average molecular weight is 338 g/mol. The Balaban J connectivity index is 2.96. The fourth-order valence-corrected chi connectivity index (χ4v) is 2.30. The summed E-state index contributed by atoms with van der Waals surface area (Å²) in [6, 6.07) is 0. The molecule has 2 unspecified atom stereocenters. The Morgan fingerprint density at radius 2 is 1.78 bits per heavy atom. The van der Waals surface area contributed by atoms with E-state index in [4.69, 9.17) is 9.84 Å². The first-order valence-corrected chi connectivity index (χ1v) is 7.19. The third-order valence-corrected chi connectivity index (χ3v) is 3.70. The van der Waals surface area contributed by atoms with Crippen molar-refractivity contribution in [2.45, 2.75) is 56.9 Å². The number of rotatable bonds is 5. The zero-order valence-electron chi connectivity index (χ0n) is 12.8. The molecule has 0 aliphatic carbocycles. The minimum Gasteiger partial charge on any atom is -0.394 e. The molecule has 10 heteroatoms. The van der Waals surface area contributed by atoms with Crippen molar-refractivity contribution in [3.63, 3.8) is 0 Å². The van der Waals surface area contributed by atoms with Crippen molar-refractivity contribution in [2.24, 2.45) is 5.92 Å². The van der Waals surface area contributed by atoms with Crippen molar-refractivity contribution in [1.82, 2.24) is 0 Å². The van der Waals surface area contributed by atoms with Crippen LogP contribution in [0, 0.1) is 5.92 Å². The van der Waals surface area contributed by atoms with Crippen LogP contribution < -0.4 is 0 Å². The fourth-order valence-electron chi connectivity index (χ4n) is 2.30. The number of carbonyl (C=O) groups is 2. The van der Waals surface area contributed by atoms with Gasteiger partial charge in [-0.25, -0.2) is 19.4 Å². The number of carbonyl (C=O) groups excluding carboxylic acids is 2. The number of hydrogen-bond acceptors (Lipinski definition) is 10. The summed E-state index contributed by atoms with van der Waals surface area (Å²) >= 11 is 0. The van der Waals surface area contributed by atoms with E-state index >= 15 is 0 Å². The highest BCUT2D eigenvalue weighted by molar-refractivity contribution is 5.75. The van der Waals surface area contributed by atoms with Crippen molar-refractivity contribution in [1.29, 1.82) is 0 Å². The molecule has 0 saturated carbocycles. The van der Waals surface area contributed by atoms with E-state index in [-0.39, 0.29) is 12.8 Å². The molecule has 0 radical (unpaired) electrons. The van der Waals surface area contributed by atoms with Gasteiger partial charge in [0.15, 0.2) is 0 Å². The summed E-state index contributed by atoms with van der Waals surface area (Å²) in [7, 11) is 0. The number of aliphatic hydroxyl groups is 5. The summed E-state index contributed by atoms with van der Waals surface area (Å²) in [5.74, 6) is -6.22. The highest BCUT2D eigenvalue weighted by Crippen LogP contribution is 2.36. The number of ether oxygens (including phenoxy) is 1. The van der Waals surface area contributed by atoms with Crippen LogP contribution in [0.3, 0.4) is 0 Å². The standard InChI is InChI=1S/C13H22O10/c1-3-6(12(19)23-22-8(15)4-2)13(20)11(18)10(17)9(16)7(5-14)21-13/h6-7,9-11,14,16-18,20H,3-5H2,1-2H3/t6?,7-,9-,10+,11-,13?/m1/s1. The normalized spacial score (nSPS) is 35.4. The molecule has 1 aliphatic rings. The van der Waals surface area contributed by atoms with Gasteiger partial charge in [0.05, 0.1) is 6.61 Å². The van der Waals surface area contributed by atoms with E-state index in [2.05, 4.69) is 9.78 Å². The van der Waals surface area contributed by atoms with Crippen LogP contribution in [-0.2, 0) is 24.1 Å². The monoisotopic (exact) mass is 338 g/mol. The van der Waals surface area contributed by atoms with Crippen LogP contribution in [0.2, 0.25) is 0 Å². The Labute approximate surface area is 132 Å². The van der Waals surface area contributed by atoms with E-state index in [1.807, 2.05) is 0 Å². The molecule has 23 heavy (non-hydrogen) atoms. The lowest BCUT2D eigenvalue weighted by atomic mass is 9.83. The fraction of sp³-hybridized carbons (Fsp3) is 0.846. The maximum absolute atomic E-state index is 12.0. The van der Waals surface area contributed by atoms with Gasteiger partial charge in [0, 0.05) is 6.42 Å². The molecule has 0 aromatic rings. The van der Waals surface area contributed by atoms with Crippen LogP contribution >= 0.6 is 0 Å². The maximum atomic E-state index is 12.0. The molecule has 0 aromatic carbocycles. The van der Waals surface area contributed by atoms with Crippen molar-refractivity contribution >= 4 is 11.9 Å². The maximum Gasteiger partial charge on any atom is 0.364 e. The molecule has 1 rings (SSSR count). The van der Waals surface area contributed by atoms with Crippen molar-refractivity contribution in [3.8, 4) is 0 Å². The molecule has 1 aliphatic heterocycles. The summed E-state index contributed by atoms with van der Waals surface area (Å²) in [5, 5.41) is 49.0. The van der Waals surface area contributed by atoms with Crippen molar-refractivity contribution < 1.29 is 49.6 Å². The lowest BCUT2D eigenvalue weighted by Gasteiger charge is -2.47. The van der Waals surface area contributed by atoms with Crippen molar-refractivity contribution in [2.75, 3.05) is 6.61 Å². The van der Waals surface area contributed by atoms with Gasteiger partial charge in [0.2, 0.25) is 5.79 Å². The molecule has 1 fully saturated rings. The zero-order chi connectivity index (χ0) is 17.8. The zero-order valence-corrected chi connectivity index (χ0v) is 12.8. The van der Waals surface area contributed by atoms with E-state index in [1.165, 1.54) is 13.8 Å². The lowest BCUT2D eigenvalue weighted by molar-refractivity contribution is -0.369. The van der Waals surface area contributed by atoms with Gasteiger partial charge in [-0.2, -0.15) is 0 Å².